The number of carbonyl (C=O) groups excluding carboxylic acids is 2. The Morgan fingerprint density at radius 1 is 1.23 bits per heavy atom. The van der Waals surface area contributed by atoms with Gasteiger partial charge >= 0.3 is 0 Å². The van der Waals surface area contributed by atoms with Crippen LogP contribution < -0.4 is 5.32 Å². The van der Waals surface area contributed by atoms with E-state index in [1.54, 1.807) is 18.3 Å². The minimum atomic E-state index is -0.153. The summed E-state index contributed by atoms with van der Waals surface area (Å²) in [5.74, 6) is -0.153. The minimum absolute atomic E-state index is 0.118. The molecule has 1 N–H and O–H groups in total. The number of nitrogens with zero attached hydrogens (tertiary/aromatic N) is 1. The maximum absolute atomic E-state index is 11.8. The minimum Gasteiger partial charge on any atom is -0.353 e. The van der Waals surface area contributed by atoms with E-state index in [9.17, 15) is 9.59 Å². The number of carbonyl (C=O) groups is 2. The summed E-state index contributed by atoms with van der Waals surface area (Å²) >= 11 is 0.990. The second kappa shape index (κ2) is 12.0. The zero-order valence-corrected chi connectivity index (χ0v) is 13.9. The quantitative estimate of drug-likeness (QED) is 0.524. The molecule has 0 saturated heterocycles. The molecule has 0 bridgehead atoms. The van der Waals surface area contributed by atoms with Crippen molar-refractivity contribution < 1.29 is 9.59 Å². The van der Waals surface area contributed by atoms with Gasteiger partial charge in [-0.2, -0.15) is 0 Å². The van der Waals surface area contributed by atoms with Crippen molar-refractivity contribution in [1.82, 2.24) is 10.3 Å². The first-order valence-corrected chi connectivity index (χ1v) is 8.67. The van der Waals surface area contributed by atoms with E-state index in [1.165, 1.54) is 43.4 Å². The van der Waals surface area contributed by atoms with Crippen LogP contribution in [0.25, 0.3) is 0 Å². The lowest BCUT2D eigenvalue weighted by Gasteiger charge is -2.02. The van der Waals surface area contributed by atoms with Crippen LogP contribution in [-0.4, -0.2) is 22.6 Å². The Bertz CT molecular complexity index is 475. The van der Waals surface area contributed by atoms with Crippen molar-refractivity contribution in [3.05, 3.63) is 41.6 Å². The molecule has 0 fully saturated rings. The average Bonchev–Trinajstić information content (AvgIpc) is 2.54. The molecular formula is C17H24N2O2S. The Morgan fingerprint density at radius 2 is 2.00 bits per heavy atom. The molecule has 120 valence electrons. The van der Waals surface area contributed by atoms with Crippen LogP contribution >= 0.6 is 11.8 Å². The summed E-state index contributed by atoms with van der Waals surface area (Å²) in [6.45, 7) is 2.89. The SMILES string of the molecule is CCCCCCCCNC(=O)/C=C\SC(=O)c1cccnc1. The van der Waals surface area contributed by atoms with Gasteiger partial charge in [0.15, 0.2) is 0 Å². The van der Waals surface area contributed by atoms with Gasteiger partial charge in [-0.25, -0.2) is 0 Å². The second-order valence-electron chi connectivity index (χ2n) is 5.01. The van der Waals surface area contributed by atoms with Crippen molar-refractivity contribution in [3.63, 3.8) is 0 Å². The first-order chi connectivity index (χ1) is 10.7. The van der Waals surface area contributed by atoms with Gasteiger partial charge in [-0.1, -0.05) is 50.8 Å². The second-order valence-corrected chi connectivity index (χ2v) is 5.89. The Morgan fingerprint density at radius 3 is 2.73 bits per heavy atom. The van der Waals surface area contributed by atoms with Crippen molar-refractivity contribution >= 4 is 22.8 Å². The summed E-state index contributed by atoms with van der Waals surface area (Å²) < 4.78 is 0. The topological polar surface area (TPSA) is 59.1 Å². The largest absolute Gasteiger partial charge is 0.353 e. The van der Waals surface area contributed by atoms with Gasteiger partial charge in [-0.05, 0) is 24.0 Å². The third-order valence-corrected chi connectivity index (χ3v) is 3.84. The van der Waals surface area contributed by atoms with Crippen molar-refractivity contribution in [2.45, 2.75) is 45.4 Å². The molecule has 1 amide bonds. The van der Waals surface area contributed by atoms with E-state index in [0.717, 1.165) is 24.6 Å². The third-order valence-electron chi connectivity index (χ3n) is 3.12. The van der Waals surface area contributed by atoms with Crippen LogP contribution in [0.5, 0.6) is 0 Å². The van der Waals surface area contributed by atoms with Gasteiger partial charge in [0, 0.05) is 30.6 Å². The third kappa shape index (κ3) is 8.62. The fraction of sp³-hybridized carbons (Fsp3) is 0.471. The first kappa shape index (κ1) is 18.4. The standard InChI is InChI=1S/C17H24N2O2S/c1-2-3-4-5-6-7-12-19-16(20)10-13-22-17(21)15-9-8-11-18-14-15/h8-11,13-14H,2-7,12H2,1H3,(H,19,20)/b13-10-. The lowest BCUT2D eigenvalue weighted by Crippen LogP contribution is -2.21. The van der Waals surface area contributed by atoms with Gasteiger partial charge in [-0.15, -0.1) is 0 Å². The van der Waals surface area contributed by atoms with Gasteiger partial charge in [0.1, 0.15) is 0 Å². The summed E-state index contributed by atoms with van der Waals surface area (Å²) in [4.78, 5) is 27.2. The smallest absolute Gasteiger partial charge is 0.244 e. The number of hydrogen-bond acceptors (Lipinski definition) is 4. The summed E-state index contributed by atoms with van der Waals surface area (Å²) in [5, 5.41) is 4.23. The maximum Gasteiger partial charge on any atom is 0.244 e. The molecule has 0 spiro atoms. The van der Waals surface area contributed by atoms with Crippen LogP contribution in [0, 0.1) is 0 Å². The number of amides is 1. The van der Waals surface area contributed by atoms with Crippen molar-refractivity contribution in [2.24, 2.45) is 0 Å². The summed E-state index contributed by atoms with van der Waals surface area (Å²) in [6.07, 6.45) is 11.7. The molecule has 1 aromatic heterocycles. The fourth-order valence-electron chi connectivity index (χ4n) is 1.89. The summed E-state index contributed by atoms with van der Waals surface area (Å²) in [7, 11) is 0. The molecule has 5 heteroatoms. The van der Waals surface area contributed by atoms with Crippen molar-refractivity contribution in [3.8, 4) is 0 Å². The number of nitrogens with one attached hydrogen (secondary N) is 1. The van der Waals surface area contributed by atoms with Crippen LogP contribution in [0.15, 0.2) is 36.0 Å². The predicted molar refractivity (Wildman–Crippen MR) is 91.7 cm³/mol. The van der Waals surface area contributed by atoms with Gasteiger partial charge in [0.05, 0.1) is 0 Å². The molecule has 0 radical (unpaired) electrons. The van der Waals surface area contributed by atoms with Crippen LogP contribution in [0.3, 0.4) is 0 Å². The van der Waals surface area contributed by atoms with E-state index in [4.69, 9.17) is 0 Å². The Labute approximate surface area is 136 Å². The highest BCUT2D eigenvalue weighted by molar-refractivity contribution is 8.16. The molecule has 0 aliphatic heterocycles. The van der Waals surface area contributed by atoms with Crippen LogP contribution in [0.4, 0.5) is 0 Å². The highest BCUT2D eigenvalue weighted by atomic mass is 32.2. The summed E-state index contributed by atoms with van der Waals surface area (Å²) in [6, 6.07) is 3.42. The Hall–Kier alpha value is -1.62. The van der Waals surface area contributed by atoms with Crippen molar-refractivity contribution in [2.75, 3.05) is 6.54 Å². The number of hydrogen-bond donors (Lipinski definition) is 1. The van der Waals surface area contributed by atoms with E-state index in [-0.39, 0.29) is 11.0 Å². The zero-order chi connectivity index (χ0) is 16.0. The molecule has 1 aromatic rings. The fourth-order valence-corrected chi connectivity index (χ4v) is 2.46. The molecule has 0 aliphatic rings. The molecule has 1 rings (SSSR count). The number of pyridine rings is 1. The molecular weight excluding hydrogens is 296 g/mol. The van der Waals surface area contributed by atoms with E-state index >= 15 is 0 Å². The van der Waals surface area contributed by atoms with E-state index in [2.05, 4.69) is 17.2 Å². The molecule has 0 aliphatic carbocycles. The number of rotatable bonds is 10. The summed E-state index contributed by atoms with van der Waals surface area (Å²) in [5.41, 5.74) is 0.532. The van der Waals surface area contributed by atoms with E-state index in [0.29, 0.717) is 12.1 Å². The highest BCUT2D eigenvalue weighted by Gasteiger charge is 2.04. The van der Waals surface area contributed by atoms with Crippen molar-refractivity contribution in [1.29, 1.82) is 0 Å². The normalized spacial score (nSPS) is 10.8. The van der Waals surface area contributed by atoms with Crippen LogP contribution in [0.1, 0.15) is 55.8 Å². The first-order valence-electron chi connectivity index (χ1n) is 7.79. The average molecular weight is 320 g/mol. The molecule has 0 saturated carbocycles. The van der Waals surface area contributed by atoms with Crippen LogP contribution in [0.2, 0.25) is 0 Å². The zero-order valence-electron chi connectivity index (χ0n) is 13.1. The Balaban J connectivity index is 2.10. The number of aromatic nitrogens is 1. The molecule has 0 aromatic carbocycles. The van der Waals surface area contributed by atoms with Gasteiger partial charge < -0.3 is 5.32 Å². The Kier molecular flexibility index (Phi) is 10.0. The lowest BCUT2D eigenvalue weighted by molar-refractivity contribution is -0.116. The van der Waals surface area contributed by atoms with Gasteiger partial charge in [0.2, 0.25) is 11.0 Å². The van der Waals surface area contributed by atoms with Gasteiger partial charge in [0.25, 0.3) is 0 Å². The molecule has 0 unspecified atom stereocenters. The highest BCUT2D eigenvalue weighted by Crippen LogP contribution is 2.12. The number of thioether (sulfide) groups is 1. The molecule has 22 heavy (non-hydrogen) atoms. The predicted octanol–water partition coefficient (Wildman–Crippen LogP) is 3.95. The molecule has 0 atom stereocenters. The van der Waals surface area contributed by atoms with Crippen LogP contribution in [-0.2, 0) is 4.79 Å². The number of unbranched alkanes of at least 4 members (excludes halogenated alkanes) is 5. The van der Waals surface area contributed by atoms with E-state index in [1.807, 2.05) is 0 Å². The monoisotopic (exact) mass is 320 g/mol. The van der Waals surface area contributed by atoms with E-state index < -0.39 is 0 Å². The maximum atomic E-state index is 11.8. The lowest BCUT2D eigenvalue weighted by atomic mass is 10.1. The van der Waals surface area contributed by atoms with Gasteiger partial charge in [-0.3, -0.25) is 14.6 Å². The molecule has 4 nitrogen and oxygen atoms in total. The molecule has 1 heterocycles.